The Morgan fingerprint density at radius 1 is 0.900 bits per heavy atom. The van der Waals surface area contributed by atoms with Crippen molar-refractivity contribution in [1.29, 1.82) is 0 Å². The fourth-order valence-electron chi connectivity index (χ4n) is 4.99. The average Bonchev–Trinajstić information content (AvgIpc) is 3.35. The molecule has 0 bridgehead atoms. The van der Waals surface area contributed by atoms with Gasteiger partial charge in [0, 0.05) is 38.6 Å². The van der Waals surface area contributed by atoms with Crippen molar-refractivity contribution in [2.24, 2.45) is 5.92 Å². The Morgan fingerprint density at radius 2 is 1.55 bits per heavy atom. The van der Waals surface area contributed by atoms with Crippen LogP contribution >= 0.6 is 11.3 Å². The molecule has 2 aliphatic heterocycles. The number of nitrogens with zero attached hydrogens (tertiary/aromatic N) is 4. The fraction of sp³-hybridized carbons (Fsp3) is 0.500. The summed E-state index contributed by atoms with van der Waals surface area (Å²) in [7, 11) is 0. The maximum atomic E-state index is 13.1. The van der Waals surface area contributed by atoms with Gasteiger partial charge in [0.25, 0.3) is 5.19 Å². The summed E-state index contributed by atoms with van der Waals surface area (Å²) in [6.07, 6.45) is 1.40. The Balaban J connectivity index is 0.990. The number of carbonyl (C=O) groups excluding carboxylic acids is 2. The number of para-hydroxylation sites is 1. The highest BCUT2D eigenvalue weighted by atomic mass is 32.1. The maximum absolute atomic E-state index is 13.1. The van der Waals surface area contributed by atoms with Crippen LogP contribution in [0.3, 0.4) is 0 Å². The Labute approximate surface area is 239 Å². The Bertz CT molecular complexity index is 1260. The van der Waals surface area contributed by atoms with Crippen LogP contribution in [-0.2, 0) is 9.53 Å². The summed E-state index contributed by atoms with van der Waals surface area (Å²) < 4.78 is 18.4. The SMILES string of the molecule is CC(C)(C)OC(=O)N1CCN(C(=O)C2CCN(CCOc3ccc(Oc4nc5ccccc5s4)cc3)CC2)CC1. The number of ether oxygens (including phenoxy) is 3. The highest BCUT2D eigenvalue weighted by Crippen LogP contribution is 2.31. The minimum Gasteiger partial charge on any atom is -0.492 e. The zero-order chi connectivity index (χ0) is 28.1. The molecule has 10 heteroatoms. The van der Waals surface area contributed by atoms with Crippen LogP contribution in [0.5, 0.6) is 16.7 Å². The quantitative estimate of drug-likeness (QED) is 0.386. The summed E-state index contributed by atoms with van der Waals surface area (Å²) in [4.78, 5) is 35.9. The molecule has 0 radical (unpaired) electrons. The number of piperazine rings is 1. The third kappa shape index (κ3) is 7.42. The molecular weight excluding hydrogens is 528 g/mol. The van der Waals surface area contributed by atoms with Gasteiger partial charge in [0.1, 0.15) is 23.7 Å². The van der Waals surface area contributed by atoms with Gasteiger partial charge in [0.2, 0.25) is 5.91 Å². The number of carbonyl (C=O) groups is 2. The first-order valence-electron chi connectivity index (χ1n) is 14.0. The first-order chi connectivity index (χ1) is 19.2. The van der Waals surface area contributed by atoms with E-state index in [1.807, 2.05) is 74.2 Å². The molecule has 2 fully saturated rings. The first kappa shape index (κ1) is 28.2. The van der Waals surface area contributed by atoms with E-state index in [-0.39, 0.29) is 17.9 Å². The number of thiazole rings is 1. The lowest BCUT2D eigenvalue weighted by Gasteiger charge is -2.38. The van der Waals surface area contributed by atoms with Gasteiger partial charge < -0.3 is 24.0 Å². The number of hydrogen-bond acceptors (Lipinski definition) is 8. The molecule has 0 saturated carbocycles. The lowest BCUT2D eigenvalue weighted by atomic mass is 9.95. The summed E-state index contributed by atoms with van der Waals surface area (Å²) in [5, 5.41) is 0.625. The van der Waals surface area contributed by atoms with Crippen LogP contribution in [0.2, 0.25) is 0 Å². The van der Waals surface area contributed by atoms with E-state index in [1.165, 1.54) is 11.3 Å². The normalized spacial score (nSPS) is 17.2. The number of aromatic nitrogens is 1. The van der Waals surface area contributed by atoms with Crippen molar-refractivity contribution >= 4 is 33.6 Å². The van der Waals surface area contributed by atoms with Gasteiger partial charge in [-0.25, -0.2) is 9.78 Å². The van der Waals surface area contributed by atoms with Gasteiger partial charge >= 0.3 is 6.09 Å². The lowest BCUT2D eigenvalue weighted by molar-refractivity contribution is -0.138. The van der Waals surface area contributed by atoms with Crippen molar-refractivity contribution in [3.05, 3.63) is 48.5 Å². The van der Waals surface area contributed by atoms with Crippen molar-refractivity contribution in [3.8, 4) is 16.7 Å². The topological polar surface area (TPSA) is 84.4 Å². The van der Waals surface area contributed by atoms with Crippen molar-refractivity contribution in [2.45, 2.75) is 39.2 Å². The van der Waals surface area contributed by atoms with E-state index in [1.54, 1.807) is 4.90 Å². The molecule has 1 aromatic heterocycles. The van der Waals surface area contributed by atoms with Crippen LogP contribution in [0, 0.1) is 5.92 Å². The summed E-state index contributed by atoms with van der Waals surface area (Å²) >= 11 is 1.53. The number of benzene rings is 2. The molecule has 40 heavy (non-hydrogen) atoms. The number of piperidine rings is 1. The summed E-state index contributed by atoms with van der Waals surface area (Å²) in [6.45, 7) is 10.9. The maximum Gasteiger partial charge on any atom is 0.410 e. The van der Waals surface area contributed by atoms with Gasteiger partial charge in [0.05, 0.1) is 10.2 Å². The fourth-order valence-corrected chi connectivity index (χ4v) is 5.82. The van der Waals surface area contributed by atoms with E-state index in [4.69, 9.17) is 14.2 Å². The predicted octanol–water partition coefficient (Wildman–Crippen LogP) is 5.26. The monoisotopic (exact) mass is 566 g/mol. The van der Waals surface area contributed by atoms with Gasteiger partial charge in [-0.15, -0.1) is 0 Å². The highest BCUT2D eigenvalue weighted by molar-refractivity contribution is 7.20. The van der Waals surface area contributed by atoms with E-state index in [0.717, 1.165) is 54.2 Å². The zero-order valence-corrected chi connectivity index (χ0v) is 24.3. The van der Waals surface area contributed by atoms with Crippen LogP contribution in [0.4, 0.5) is 4.79 Å². The lowest BCUT2D eigenvalue weighted by Crippen LogP contribution is -2.53. The van der Waals surface area contributed by atoms with E-state index >= 15 is 0 Å². The Hall–Kier alpha value is -3.37. The summed E-state index contributed by atoms with van der Waals surface area (Å²) in [5.41, 5.74) is 0.426. The van der Waals surface area contributed by atoms with Gasteiger partial charge in [-0.3, -0.25) is 9.69 Å². The minimum absolute atomic E-state index is 0.0493. The third-order valence-corrected chi connectivity index (χ3v) is 8.07. The molecule has 2 aliphatic rings. The molecular formula is C30H38N4O5S. The summed E-state index contributed by atoms with van der Waals surface area (Å²) in [5.74, 6) is 1.79. The number of fused-ring (bicyclic) bond motifs is 1. The molecule has 0 N–H and O–H groups in total. The standard InChI is InChI=1S/C30H38N4O5S/c1-30(2,3)39-29(36)34-18-16-33(17-19-34)27(35)22-12-14-32(15-13-22)20-21-37-23-8-10-24(11-9-23)38-28-31-25-6-4-5-7-26(25)40-28/h4-11,22H,12-21H2,1-3H3. The first-order valence-corrected chi connectivity index (χ1v) is 14.8. The second kappa shape index (κ2) is 12.4. The zero-order valence-electron chi connectivity index (χ0n) is 23.5. The van der Waals surface area contributed by atoms with Crippen LogP contribution in [0.15, 0.2) is 48.5 Å². The number of rotatable bonds is 7. The molecule has 0 spiro atoms. The molecule has 2 amide bonds. The second-order valence-electron chi connectivity index (χ2n) is 11.3. The third-order valence-electron chi connectivity index (χ3n) is 7.16. The van der Waals surface area contributed by atoms with Crippen LogP contribution in [0.25, 0.3) is 10.2 Å². The van der Waals surface area contributed by atoms with E-state index < -0.39 is 5.60 Å². The molecule has 0 atom stereocenters. The molecule has 2 saturated heterocycles. The smallest absolute Gasteiger partial charge is 0.410 e. The van der Waals surface area contributed by atoms with Gasteiger partial charge in [-0.1, -0.05) is 23.5 Å². The van der Waals surface area contributed by atoms with Crippen molar-refractivity contribution < 1.29 is 23.8 Å². The van der Waals surface area contributed by atoms with Gasteiger partial charge in [0.15, 0.2) is 0 Å². The van der Waals surface area contributed by atoms with E-state index in [9.17, 15) is 9.59 Å². The molecule has 3 aromatic rings. The molecule has 214 valence electrons. The molecule has 0 aliphatic carbocycles. The average molecular weight is 567 g/mol. The molecule has 9 nitrogen and oxygen atoms in total. The summed E-state index contributed by atoms with van der Waals surface area (Å²) in [6, 6.07) is 15.6. The Morgan fingerprint density at radius 3 is 2.23 bits per heavy atom. The van der Waals surface area contributed by atoms with Gasteiger partial charge in [-0.2, -0.15) is 0 Å². The van der Waals surface area contributed by atoms with E-state index in [2.05, 4.69) is 9.88 Å². The van der Waals surface area contributed by atoms with Crippen molar-refractivity contribution in [3.63, 3.8) is 0 Å². The van der Waals surface area contributed by atoms with Crippen LogP contribution < -0.4 is 9.47 Å². The molecule has 5 rings (SSSR count). The predicted molar refractivity (Wildman–Crippen MR) is 155 cm³/mol. The van der Waals surface area contributed by atoms with E-state index in [0.29, 0.717) is 38.0 Å². The van der Waals surface area contributed by atoms with Crippen LogP contribution in [-0.4, -0.2) is 89.7 Å². The Kier molecular flexibility index (Phi) is 8.75. The highest BCUT2D eigenvalue weighted by Gasteiger charge is 2.32. The number of hydrogen-bond donors (Lipinski definition) is 0. The van der Waals surface area contributed by atoms with Crippen LogP contribution in [0.1, 0.15) is 33.6 Å². The van der Waals surface area contributed by atoms with Gasteiger partial charge in [-0.05, 0) is 83.1 Å². The molecule has 2 aromatic carbocycles. The second-order valence-corrected chi connectivity index (χ2v) is 12.3. The van der Waals surface area contributed by atoms with Crippen molar-refractivity contribution in [2.75, 3.05) is 52.4 Å². The number of amides is 2. The van der Waals surface area contributed by atoms with Crippen molar-refractivity contribution in [1.82, 2.24) is 19.7 Å². The molecule has 3 heterocycles. The largest absolute Gasteiger partial charge is 0.492 e. The number of likely N-dealkylation sites (tertiary alicyclic amines) is 1. The minimum atomic E-state index is -0.513. The molecule has 0 unspecified atom stereocenters.